The second-order valence-electron chi connectivity index (χ2n) is 8.52. The van der Waals surface area contributed by atoms with Crippen LogP contribution in [0.15, 0.2) is 4.99 Å². The van der Waals surface area contributed by atoms with Gasteiger partial charge in [-0.2, -0.15) is 13.2 Å². The first-order valence-corrected chi connectivity index (χ1v) is 11.8. The molecule has 0 amide bonds. The van der Waals surface area contributed by atoms with Crippen LogP contribution in [0.5, 0.6) is 0 Å². The van der Waals surface area contributed by atoms with Crippen molar-refractivity contribution in [1.82, 2.24) is 15.5 Å². The van der Waals surface area contributed by atoms with Gasteiger partial charge >= 0.3 is 6.18 Å². The standard InChI is InChI=1S/C18H35F3N4O2S/c1-17(2,8-12-28(4,26)27)13-24-16(22-3)23-9-5-15-6-10-25(11-7-15)14-18(19,20)21/h15H,5-14H2,1-4H3,(H2,22,23,24). The molecular formula is C18H35F3N4O2S. The molecule has 166 valence electrons. The zero-order valence-electron chi connectivity index (χ0n) is 17.4. The normalized spacial score (nSPS) is 18.3. The van der Waals surface area contributed by atoms with Crippen molar-refractivity contribution in [3.8, 4) is 0 Å². The van der Waals surface area contributed by atoms with Crippen molar-refractivity contribution < 1.29 is 21.6 Å². The summed E-state index contributed by atoms with van der Waals surface area (Å²) < 4.78 is 60.0. The number of hydrogen-bond donors (Lipinski definition) is 2. The van der Waals surface area contributed by atoms with E-state index in [9.17, 15) is 21.6 Å². The van der Waals surface area contributed by atoms with Gasteiger partial charge in [-0.3, -0.25) is 9.89 Å². The molecule has 0 atom stereocenters. The Morgan fingerprint density at radius 3 is 2.29 bits per heavy atom. The van der Waals surface area contributed by atoms with Crippen molar-refractivity contribution in [2.24, 2.45) is 16.3 Å². The minimum absolute atomic E-state index is 0.154. The molecule has 6 nitrogen and oxygen atoms in total. The van der Waals surface area contributed by atoms with Gasteiger partial charge in [0.05, 0.1) is 12.3 Å². The third kappa shape index (κ3) is 11.7. The van der Waals surface area contributed by atoms with E-state index in [4.69, 9.17) is 0 Å². The quantitative estimate of drug-likeness (QED) is 0.435. The van der Waals surface area contributed by atoms with E-state index < -0.39 is 22.6 Å². The highest BCUT2D eigenvalue weighted by atomic mass is 32.2. The Balaban J connectivity index is 2.27. The molecule has 0 aromatic carbocycles. The molecule has 1 rings (SSSR count). The molecule has 1 fully saturated rings. The maximum absolute atomic E-state index is 12.4. The zero-order chi connectivity index (χ0) is 21.4. The molecule has 0 aromatic rings. The number of rotatable bonds is 9. The summed E-state index contributed by atoms with van der Waals surface area (Å²) in [7, 11) is -1.31. The van der Waals surface area contributed by atoms with Gasteiger partial charge in [0, 0.05) is 26.4 Å². The number of piperidine rings is 1. The molecule has 1 aliphatic rings. The Labute approximate surface area is 167 Å². The molecule has 0 unspecified atom stereocenters. The molecule has 0 radical (unpaired) electrons. The summed E-state index contributed by atoms with van der Waals surface area (Å²) in [5.41, 5.74) is -0.188. The van der Waals surface area contributed by atoms with Crippen molar-refractivity contribution in [3.05, 3.63) is 0 Å². The van der Waals surface area contributed by atoms with Gasteiger partial charge in [0.15, 0.2) is 5.96 Å². The van der Waals surface area contributed by atoms with Crippen LogP contribution in [-0.2, 0) is 9.84 Å². The number of guanidine groups is 1. The van der Waals surface area contributed by atoms with E-state index in [2.05, 4.69) is 15.6 Å². The van der Waals surface area contributed by atoms with Gasteiger partial charge in [-0.1, -0.05) is 13.8 Å². The lowest BCUT2D eigenvalue weighted by atomic mass is 9.90. The minimum atomic E-state index is -4.12. The van der Waals surface area contributed by atoms with Gasteiger partial charge in [-0.25, -0.2) is 8.42 Å². The van der Waals surface area contributed by atoms with E-state index in [-0.39, 0.29) is 11.2 Å². The lowest BCUT2D eigenvalue weighted by Crippen LogP contribution is -2.43. The Morgan fingerprint density at radius 2 is 1.79 bits per heavy atom. The lowest BCUT2D eigenvalue weighted by Gasteiger charge is -2.32. The topological polar surface area (TPSA) is 73.8 Å². The van der Waals surface area contributed by atoms with Gasteiger partial charge in [0.1, 0.15) is 9.84 Å². The summed E-state index contributed by atoms with van der Waals surface area (Å²) in [5, 5.41) is 6.47. The minimum Gasteiger partial charge on any atom is -0.356 e. The SMILES string of the molecule is CN=C(NCCC1CCN(CC(F)(F)F)CC1)NCC(C)(C)CCS(C)(=O)=O. The highest BCUT2D eigenvalue weighted by Gasteiger charge is 2.32. The maximum Gasteiger partial charge on any atom is 0.401 e. The molecule has 10 heteroatoms. The fourth-order valence-corrected chi connectivity index (χ4v) is 4.10. The second-order valence-corrected chi connectivity index (χ2v) is 10.8. The zero-order valence-corrected chi connectivity index (χ0v) is 18.2. The number of hydrogen-bond acceptors (Lipinski definition) is 4. The number of halogens is 3. The van der Waals surface area contributed by atoms with Crippen molar-refractivity contribution in [1.29, 1.82) is 0 Å². The summed E-state index contributed by atoms with van der Waals surface area (Å²) >= 11 is 0. The van der Waals surface area contributed by atoms with Crippen molar-refractivity contribution in [2.75, 3.05) is 51.8 Å². The average molecular weight is 429 g/mol. The molecule has 1 heterocycles. The third-order valence-corrected chi connectivity index (χ3v) is 6.01. The Hall–Kier alpha value is -1.03. The van der Waals surface area contributed by atoms with E-state index in [0.717, 1.165) is 19.3 Å². The first kappa shape index (κ1) is 25.0. The van der Waals surface area contributed by atoms with Crippen LogP contribution in [0.2, 0.25) is 0 Å². The van der Waals surface area contributed by atoms with Crippen LogP contribution in [0.25, 0.3) is 0 Å². The van der Waals surface area contributed by atoms with E-state index in [1.165, 1.54) is 11.2 Å². The number of nitrogens with zero attached hydrogens (tertiary/aromatic N) is 2. The highest BCUT2D eigenvalue weighted by molar-refractivity contribution is 7.90. The Morgan fingerprint density at radius 1 is 1.18 bits per heavy atom. The van der Waals surface area contributed by atoms with Gasteiger partial charge in [0.2, 0.25) is 0 Å². The fourth-order valence-electron chi connectivity index (χ4n) is 3.18. The van der Waals surface area contributed by atoms with E-state index in [1.807, 2.05) is 13.8 Å². The van der Waals surface area contributed by atoms with Crippen LogP contribution in [0.1, 0.15) is 39.5 Å². The lowest BCUT2D eigenvalue weighted by molar-refractivity contribution is -0.148. The molecule has 1 aliphatic heterocycles. The molecule has 0 spiro atoms. The molecule has 1 saturated heterocycles. The van der Waals surface area contributed by atoms with Crippen LogP contribution in [0.3, 0.4) is 0 Å². The number of aliphatic imine (C=N–C) groups is 1. The maximum atomic E-state index is 12.4. The summed E-state index contributed by atoms with van der Waals surface area (Å²) in [6, 6.07) is 0. The van der Waals surface area contributed by atoms with Crippen molar-refractivity contribution >= 4 is 15.8 Å². The predicted octanol–water partition coefficient (Wildman–Crippen LogP) is 2.28. The van der Waals surface area contributed by atoms with Gasteiger partial charge in [0.25, 0.3) is 0 Å². The predicted molar refractivity (Wildman–Crippen MR) is 107 cm³/mol. The monoisotopic (exact) mass is 428 g/mol. The number of likely N-dealkylation sites (tertiary alicyclic amines) is 1. The summed E-state index contributed by atoms with van der Waals surface area (Å²) in [6.45, 7) is 5.48. The number of nitrogens with one attached hydrogen (secondary N) is 2. The molecule has 0 aromatic heterocycles. The van der Waals surface area contributed by atoms with Crippen LogP contribution in [0, 0.1) is 11.3 Å². The van der Waals surface area contributed by atoms with E-state index in [0.29, 0.717) is 44.5 Å². The Bertz CT molecular complexity index is 598. The molecule has 0 saturated carbocycles. The molecular weight excluding hydrogens is 393 g/mol. The summed E-state index contributed by atoms with van der Waals surface area (Å²) in [4.78, 5) is 5.65. The van der Waals surface area contributed by atoms with Gasteiger partial charge in [-0.05, 0) is 50.1 Å². The fraction of sp³-hybridized carbons (Fsp3) is 0.944. The van der Waals surface area contributed by atoms with Gasteiger partial charge in [-0.15, -0.1) is 0 Å². The van der Waals surface area contributed by atoms with E-state index in [1.54, 1.807) is 7.05 Å². The largest absolute Gasteiger partial charge is 0.401 e. The molecule has 0 bridgehead atoms. The second kappa shape index (κ2) is 10.7. The molecule has 28 heavy (non-hydrogen) atoms. The highest BCUT2D eigenvalue weighted by Crippen LogP contribution is 2.24. The molecule has 0 aliphatic carbocycles. The summed E-state index contributed by atoms with van der Waals surface area (Å²) in [5.74, 6) is 1.23. The van der Waals surface area contributed by atoms with Crippen molar-refractivity contribution in [3.63, 3.8) is 0 Å². The van der Waals surface area contributed by atoms with E-state index >= 15 is 0 Å². The summed E-state index contributed by atoms with van der Waals surface area (Å²) in [6.07, 6.45) is 0.126. The number of alkyl halides is 3. The smallest absolute Gasteiger partial charge is 0.356 e. The van der Waals surface area contributed by atoms with Crippen molar-refractivity contribution in [2.45, 2.75) is 45.7 Å². The first-order chi connectivity index (χ1) is 12.8. The third-order valence-electron chi connectivity index (χ3n) is 5.06. The molecule has 2 N–H and O–H groups in total. The van der Waals surface area contributed by atoms with Crippen LogP contribution >= 0.6 is 0 Å². The first-order valence-electron chi connectivity index (χ1n) is 9.71. The average Bonchev–Trinajstić information content (AvgIpc) is 2.56. The van der Waals surface area contributed by atoms with Crippen LogP contribution in [0.4, 0.5) is 13.2 Å². The van der Waals surface area contributed by atoms with Crippen LogP contribution < -0.4 is 10.6 Å². The number of sulfone groups is 1. The van der Waals surface area contributed by atoms with Gasteiger partial charge < -0.3 is 10.6 Å². The van der Waals surface area contributed by atoms with Crippen LogP contribution in [-0.4, -0.2) is 77.2 Å². The Kier molecular flexibility index (Phi) is 9.52.